The van der Waals surface area contributed by atoms with Crippen molar-refractivity contribution in [2.45, 2.75) is 0 Å². The smallest absolute Gasteiger partial charge is 0.344 e. The fourth-order valence-electron chi connectivity index (χ4n) is 2.13. The molecule has 0 atom stereocenters. The fourth-order valence-corrected chi connectivity index (χ4v) is 2.13. The standard InChI is InChI=1S/C19H21N2O6/c1-21(2,3)12-13-26-18(22)16-6-4-5-7-17(16)19(23)27-15-10-8-14(9-11-15)20(24)25/h4-11H,12-13H2,1-3H3/q+1. The van der Waals surface area contributed by atoms with Gasteiger partial charge in [0.1, 0.15) is 18.9 Å². The van der Waals surface area contributed by atoms with Crippen molar-refractivity contribution in [1.82, 2.24) is 0 Å². The fraction of sp³-hybridized carbons (Fsp3) is 0.263. The maximum absolute atomic E-state index is 12.4. The number of carbonyl (C=O) groups is 2. The Hall–Kier alpha value is -3.26. The lowest BCUT2D eigenvalue weighted by atomic mass is 10.1. The number of likely N-dealkylation sites (N-methyl/N-ethyl adjacent to an activating group) is 1. The Morgan fingerprint density at radius 3 is 2.04 bits per heavy atom. The molecule has 0 saturated carbocycles. The molecule has 0 N–H and O–H groups in total. The van der Waals surface area contributed by atoms with Crippen molar-refractivity contribution in [2.75, 3.05) is 34.3 Å². The van der Waals surface area contributed by atoms with Crippen LogP contribution in [0.25, 0.3) is 0 Å². The van der Waals surface area contributed by atoms with Gasteiger partial charge in [-0.3, -0.25) is 10.1 Å². The minimum atomic E-state index is -0.747. The summed E-state index contributed by atoms with van der Waals surface area (Å²) in [7, 11) is 5.93. The van der Waals surface area contributed by atoms with Crippen LogP contribution in [0, 0.1) is 10.1 Å². The third-order valence-electron chi connectivity index (χ3n) is 3.62. The Morgan fingerprint density at radius 1 is 0.963 bits per heavy atom. The van der Waals surface area contributed by atoms with Crippen molar-refractivity contribution in [3.05, 3.63) is 69.8 Å². The van der Waals surface area contributed by atoms with E-state index in [1.54, 1.807) is 12.1 Å². The summed E-state index contributed by atoms with van der Waals surface area (Å²) < 4.78 is 11.1. The number of nitro groups is 1. The molecule has 8 heteroatoms. The number of benzene rings is 2. The molecule has 0 aliphatic heterocycles. The molecule has 0 radical (unpaired) electrons. The number of hydrogen-bond donors (Lipinski definition) is 0. The zero-order valence-electron chi connectivity index (χ0n) is 15.4. The largest absolute Gasteiger partial charge is 0.456 e. The highest BCUT2D eigenvalue weighted by molar-refractivity contribution is 6.03. The highest BCUT2D eigenvalue weighted by Crippen LogP contribution is 2.20. The maximum atomic E-state index is 12.4. The van der Waals surface area contributed by atoms with Gasteiger partial charge in [-0.25, -0.2) is 9.59 Å². The Balaban J connectivity index is 2.10. The predicted molar refractivity (Wildman–Crippen MR) is 97.7 cm³/mol. The van der Waals surface area contributed by atoms with E-state index in [9.17, 15) is 19.7 Å². The Kier molecular flexibility index (Phi) is 6.25. The van der Waals surface area contributed by atoms with Crippen LogP contribution in [0.1, 0.15) is 20.7 Å². The zero-order chi connectivity index (χ0) is 20.0. The Bertz CT molecular complexity index is 840. The second-order valence-corrected chi connectivity index (χ2v) is 6.84. The SMILES string of the molecule is C[N+](C)(C)CCOC(=O)c1ccccc1C(=O)Oc1ccc([N+](=O)[O-])cc1. The van der Waals surface area contributed by atoms with E-state index >= 15 is 0 Å². The van der Waals surface area contributed by atoms with Crippen LogP contribution in [0.15, 0.2) is 48.5 Å². The first-order chi connectivity index (χ1) is 12.7. The van der Waals surface area contributed by atoms with Crippen molar-refractivity contribution in [2.24, 2.45) is 0 Å². The summed E-state index contributed by atoms with van der Waals surface area (Å²) in [6.07, 6.45) is 0. The van der Waals surface area contributed by atoms with E-state index in [2.05, 4.69) is 0 Å². The molecule has 2 aromatic carbocycles. The molecule has 27 heavy (non-hydrogen) atoms. The molecule has 2 rings (SSSR count). The van der Waals surface area contributed by atoms with Gasteiger partial charge in [0.05, 0.1) is 37.2 Å². The van der Waals surface area contributed by atoms with Crippen LogP contribution in [-0.2, 0) is 4.74 Å². The molecule has 0 aliphatic carbocycles. The molecular weight excluding hydrogens is 352 g/mol. The van der Waals surface area contributed by atoms with Crippen LogP contribution < -0.4 is 4.74 Å². The first-order valence-corrected chi connectivity index (χ1v) is 8.20. The van der Waals surface area contributed by atoms with Gasteiger partial charge >= 0.3 is 11.9 Å². The van der Waals surface area contributed by atoms with Gasteiger partial charge in [-0.15, -0.1) is 0 Å². The molecule has 8 nitrogen and oxygen atoms in total. The quantitative estimate of drug-likeness (QED) is 0.243. The molecule has 0 heterocycles. The monoisotopic (exact) mass is 373 g/mol. The number of ether oxygens (including phenoxy) is 2. The van der Waals surface area contributed by atoms with Crippen molar-refractivity contribution >= 4 is 17.6 Å². The second-order valence-electron chi connectivity index (χ2n) is 6.84. The lowest BCUT2D eigenvalue weighted by molar-refractivity contribution is -0.870. The van der Waals surface area contributed by atoms with E-state index in [0.717, 1.165) is 0 Å². The molecule has 0 amide bonds. The number of non-ortho nitro benzene ring substituents is 1. The van der Waals surface area contributed by atoms with Crippen molar-refractivity contribution in [1.29, 1.82) is 0 Å². The van der Waals surface area contributed by atoms with E-state index in [1.165, 1.54) is 36.4 Å². The molecule has 0 spiro atoms. The number of carbonyl (C=O) groups excluding carboxylic acids is 2. The average Bonchev–Trinajstić information content (AvgIpc) is 2.61. The van der Waals surface area contributed by atoms with Crippen LogP contribution in [0.3, 0.4) is 0 Å². The summed E-state index contributed by atoms with van der Waals surface area (Å²) in [5.74, 6) is -1.22. The number of rotatable bonds is 7. The molecular formula is C19H21N2O6+. The van der Waals surface area contributed by atoms with Crippen LogP contribution in [-0.4, -0.2) is 55.6 Å². The number of nitro benzene ring substituents is 1. The summed E-state index contributed by atoms with van der Waals surface area (Å²) in [6.45, 7) is 0.842. The Labute approximate surface area is 156 Å². The summed E-state index contributed by atoms with van der Waals surface area (Å²) in [4.78, 5) is 34.9. The highest BCUT2D eigenvalue weighted by atomic mass is 16.6. The number of hydrogen-bond acceptors (Lipinski definition) is 6. The predicted octanol–water partition coefficient (Wildman–Crippen LogP) is 2.68. The lowest BCUT2D eigenvalue weighted by Gasteiger charge is -2.23. The molecule has 0 aromatic heterocycles. The molecule has 142 valence electrons. The highest BCUT2D eigenvalue weighted by Gasteiger charge is 2.20. The summed E-state index contributed by atoms with van der Waals surface area (Å²) in [6, 6.07) is 11.3. The van der Waals surface area contributed by atoms with Crippen molar-refractivity contribution in [3.63, 3.8) is 0 Å². The van der Waals surface area contributed by atoms with E-state index in [0.29, 0.717) is 11.0 Å². The second kappa shape index (κ2) is 8.41. The topological polar surface area (TPSA) is 95.7 Å². The first-order valence-electron chi connectivity index (χ1n) is 8.20. The lowest BCUT2D eigenvalue weighted by Crippen LogP contribution is -2.38. The van der Waals surface area contributed by atoms with Gasteiger partial charge < -0.3 is 14.0 Å². The van der Waals surface area contributed by atoms with Gasteiger partial charge in [0.2, 0.25) is 0 Å². The number of nitrogens with zero attached hydrogens (tertiary/aromatic N) is 2. The van der Waals surface area contributed by atoms with E-state index in [-0.39, 0.29) is 29.2 Å². The molecule has 0 fully saturated rings. The first kappa shape index (κ1) is 20.1. The summed E-state index contributed by atoms with van der Waals surface area (Å²) in [5.41, 5.74) is 0.0490. The average molecular weight is 373 g/mol. The van der Waals surface area contributed by atoms with Gasteiger partial charge in [-0.05, 0) is 24.3 Å². The number of esters is 2. The van der Waals surface area contributed by atoms with Crippen LogP contribution >= 0.6 is 0 Å². The van der Waals surface area contributed by atoms with Crippen molar-refractivity contribution in [3.8, 4) is 5.75 Å². The van der Waals surface area contributed by atoms with Gasteiger partial charge in [-0.1, -0.05) is 12.1 Å². The molecule has 2 aromatic rings. The van der Waals surface area contributed by atoms with Crippen LogP contribution in [0.4, 0.5) is 5.69 Å². The van der Waals surface area contributed by atoms with Crippen LogP contribution in [0.2, 0.25) is 0 Å². The van der Waals surface area contributed by atoms with Crippen molar-refractivity contribution < 1.29 is 28.5 Å². The van der Waals surface area contributed by atoms with E-state index in [4.69, 9.17) is 9.47 Å². The van der Waals surface area contributed by atoms with E-state index in [1.807, 2.05) is 21.1 Å². The summed E-state index contributed by atoms with van der Waals surface area (Å²) >= 11 is 0. The molecule has 0 aliphatic rings. The minimum absolute atomic E-state index is 0.0612. The molecule has 0 unspecified atom stereocenters. The number of quaternary nitrogens is 1. The van der Waals surface area contributed by atoms with E-state index < -0.39 is 16.9 Å². The van der Waals surface area contributed by atoms with Crippen LogP contribution in [0.5, 0.6) is 5.75 Å². The maximum Gasteiger partial charge on any atom is 0.344 e. The molecule has 0 bridgehead atoms. The van der Waals surface area contributed by atoms with Gasteiger partial charge in [0.25, 0.3) is 5.69 Å². The van der Waals surface area contributed by atoms with Gasteiger partial charge in [0, 0.05) is 12.1 Å². The molecule has 0 saturated heterocycles. The normalized spacial score (nSPS) is 10.9. The minimum Gasteiger partial charge on any atom is -0.456 e. The third kappa shape index (κ3) is 5.89. The summed E-state index contributed by atoms with van der Waals surface area (Å²) in [5, 5.41) is 10.7. The zero-order valence-corrected chi connectivity index (χ0v) is 15.4. The Morgan fingerprint density at radius 2 is 1.52 bits per heavy atom. The van der Waals surface area contributed by atoms with Gasteiger partial charge in [0.15, 0.2) is 0 Å². The third-order valence-corrected chi connectivity index (χ3v) is 3.62. The van der Waals surface area contributed by atoms with Gasteiger partial charge in [-0.2, -0.15) is 0 Å².